The molecule has 146 valence electrons. The Morgan fingerprint density at radius 3 is 2.48 bits per heavy atom. The van der Waals surface area contributed by atoms with Gasteiger partial charge in [-0.2, -0.15) is 4.98 Å². The first kappa shape index (κ1) is 18.3. The molecular formula is C21H31N5O. The zero-order valence-electron chi connectivity index (χ0n) is 16.9. The zero-order chi connectivity index (χ0) is 19.0. The molecule has 1 aromatic carbocycles. The molecule has 0 amide bonds. The van der Waals surface area contributed by atoms with Crippen LogP contribution in [0, 0.1) is 6.92 Å². The van der Waals surface area contributed by atoms with E-state index in [0.29, 0.717) is 17.9 Å². The number of aromatic nitrogens is 2. The van der Waals surface area contributed by atoms with Crippen molar-refractivity contribution in [2.45, 2.75) is 58.5 Å². The second-order valence-electron chi connectivity index (χ2n) is 8.31. The molecule has 2 heterocycles. The summed E-state index contributed by atoms with van der Waals surface area (Å²) in [5, 5.41) is 7.68. The molecule has 6 nitrogen and oxygen atoms in total. The lowest BCUT2D eigenvalue weighted by atomic mass is 10.1. The fraction of sp³-hybridized carbons (Fsp3) is 0.619. The Balaban J connectivity index is 1.43. The van der Waals surface area contributed by atoms with Crippen molar-refractivity contribution in [3.05, 3.63) is 35.5 Å². The Hall–Kier alpha value is -2.08. The van der Waals surface area contributed by atoms with Gasteiger partial charge in [0, 0.05) is 49.5 Å². The number of rotatable bonds is 6. The molecule has 1 saturated heterocycles. The number of aryl methyl sites for hydroxylation is 1. The number of nitrogens with zero attached hydrogens (tertiary/aromatic N) is 4. The highest BCUT2D eigenvalue weighted by Gasteiger charge is 2.29. The zero-order valence-corrected chi connectivity index (χ0v) is 16.9. The lowest BCUT2D eigenvalue weighted by Crippen LogP contribution is -2.48. The minimum absolute atomic E-state index is 0.00237. The Morgan fingerprint density at radius 2 is 1.81 bits per heavy atom. The monoisotopic (exact) mass is 369 g/mol. The molecule has 1 N–H and O–H groups in total. The van der Waals surface area contributed by atoms with Gasteiger partial charge in [-0.1, -0.05) is 5.16 Å². The van der Waals surface area contributed by atoms with Gasteiger partial charge in [0.1, 0.15) is 6.04 Å². The molecule has 1 saturated carbocycles. The third-order valence-electron chi connectivity index (χ3n) is 5.63. The van der Waals surface area contributed by atoms with Crippen LogP contribution in [0.25, 0.3) is 0 Å². The quantitative estimate of drug-likeness (QED) is 0.832. The Bertz CT molecular complexity index is 775. The number of hydrogen-bond acceptors (Lipinski definition) is 6. The minimum atomic E-state index is -0.00237. The molecule has 4 rings (SSSR count). The van der Waals surface area contributed by atoms with E-state index in [0.717, 1.165) is 37.7 Å². The SMILES string of the molecule is Cc1cc(NC(C)c2nc(C3CC3)no2)cc(N2CCN(C(C)C)CC2)c1. The predicted octanol–water partition coefficient (Wildman–Crippen LogP) is 3.96. The molecule has 27 heavy (non-hydrogen) atoms. The molecule has 2 aliphatic rings. The van der Waals surface area contributed by atoms with Crippen molar-refractivity contribution in [3.63, 3.8) is 0 Å². The molecule has 0 radical (unpaired) electrons. The molecule has 2 aromatic rings. The molecule has 1 unspecified atom stereocenters. The topological polar surface area (TPSA) is 57.4 Å². The van der Waals surface area contributed by atoms with Crippen molar-refractivity contribution in [1.82, 2.24) is 15.0 Å². The summed E-state index contributed by atoms with van der Waals surface area (Å²) >= 11 is 0. The Labute approximate surface area is 161 Å². The van der Waals surface area contributed by atoms with Crippen LogP contribution in [0.15, 0.2) is 22.7 Å². The molecule has 0 bridgehead atoms. The van der Waals surface area contributed by atoms with Crippen LogP contribution in [0.2, 0.25) is 0 Å². The summed E-state index contributed by atoms with van der Waals surface area (Å²) in [6.07, 6.45) is 2.37. The minimum Gasteiger partial charge on any atom is -0.374 e. The van der Waals surface area contributed by atoms with Gasteiger partial charge in [-0.3, -0.25) is 4.90 Å². The normalized spacial score (nSPS) is 19.5. The predicted molar refractivity (Wildman–Crippen MR) is 108 cm³/mol. The largest absolute Gasteiger partial charge is 0.374 e. The van der Waals surface area contributed by atoms with Crippen molar-refractivity contribution < 1.29 is 4.52 Å². The van der Waals surface area contributed by atoms with E-state index < -0.39 is 0 Å². The standard InChI is InChI=1S/C21H31N5O/c1-14(2)25-7-9-26(10-8-25)19-12-15(3)11-18(13-19)22-16(4)21-23-20(24-27-21)17-5-6-17/h11-14,16-17,22H,5-10H2,1-4H3. The van der Waals surface area contributed by atoms with Crippen molar-refractivity contribution in [2.75, 3.05) is 36.4 Å². The van der Waals surface area contributed by atoms with E-state index in [-0.39, 0.29) is 6.04 Å². The van der Waals surface area contributed by atoms with Crippen molar-refractivity contribution in [2.24, 2.45) is 0 Å². The van der Waals surface area contributed by atoms with Gasteiger partial charge in [-0.25, -0.2) is 0 Å². The van der Waals surface area contributed by atoms with E-state index in [1.54, 1.807) is 0 Å². The third kappa shape index (κ3) is 4.26. The Kier molecular flexibility index (Phi) is 5.08. The highest BCUT2D eigenvalue weighted by Crippen LogP contribution is 2.38. The van der Waals surface area contributed by atoms with Gasteiger partial charge in [0.2, 0.25) is 5.89 Å². The van der Waals surface area contributed by atoms with Crippen LogP contribution < -0.4 is 10.2 Å². The summed E-state index contributed by atoms with van der Waals surface area (Å²) in [6.45, 7) is 13.2. The first-order valence-corrected chi connectivity index (χ1v) is 10.2. The first-order chi connectivity index (χ1) is 13.0. The van der Waals surface area contributed by atoms with Crippen LogP contribution in [-0.4, -0.2) is 47.3 Å². The number of piperazine rings is 1. The lowest BCUT2D eigenvalue weighted by molar-refractivity contribution is 0.209. The molecule has 1 atom stereocenters. The van der Waals surface area contributed by atoms with Crippen LogP contribution >= 0.6 is 0 Å². The average molecular weight is 370 g/mol. The van der Waals surface area contributed by atoms with E-state index in [1.165, 1.54) is 24.1 Å². The number of nitrogens with one attached hydrogen (secondary N) is 1. The maximum atomic E-state index is 5.47. The van der Waals surface area contributed by atoms with Gasteiger partial charge in [0.05, 0.1) is 0 Å². The smallest absolute Gasteiger partial charge is 0.248 e. The molecular weight excluding hydrogens is 338 g/mol. The summed E-state index contributed by atoms with van der Waals surface area (Å²) in [6, 6.07) is 7.32. The summed E-state index contributed by atoms with van der Waals surface area (Å²) in [5.74, 6) is 2.06. The van der Waals surface area contributed by atoms with Gasteiger partial charge in [0.15, 0.2) is 5.82 Å². The fourth-order valence-electron chi connectivity index (χ4n) is 3.77. The van der Waals surface area contributed by atoms with E-state index in [4.69, 9.17) is 4.52 Å². The Morgan fingerprint density at radius 1 is 1.07 bits per heavy atom. The number of benzene rings is 1. The van der Waals surface area contributed by atoms with Crippen LogP contribution in [0.5, 0.6) is 0 Å². The summed E-state index contributed by atoms with van der Waals surface area (Å²) in [4.78, 5) is 9.60. The summed E-state index contributed by atoms with van der Waals surface area (Å²) < 4.78 is 5.47. The molecule has 1 aromatic heterocycles. The second kappa shape index (κ2) is 7.50. The van der Waals surface area contributed by atoms with Crippen LogP contribution in [0.4, 0.5) is 11.4 Å². The van der Waals surface area contributed by atoms with Crippen LogP contribution in [0.1, 0.15) is 62.9 Å². The van der Waals surface area contributed by atoms with Gasteiger partial charge in [0.25, 0.3) is 0 Å². The number of hydrogen-bond donors (Lipinski definition) is 1. The maximum absolute atomic E-state index is 5.47. The lowest BCUT2D eigenvalue weighted by Gasteiger charge is -2.38. The van der Waals surface area contributed by atoms with Gasteiger partial charge in [-0.15, -0.1) is 0 Å². The maximum Gasteiger partial charge on any atom is 0.248 e. The average Bonchev–Trinajstić information content (AvgIpc) is 3.38. The summed E-state index contributed by atoms with van der Waals surface area (Å²) in [7, 11) is 0. The van der Waals surface area contributed by atoms with Gasteiger partial charge < -0.3 is 14.7 Å². The molecule has 0 spiro atoms. The van der Waals surface area contributed by atoms with Crippen molar-refractivity contribution >= 4 is 11.4 Å². The van der Waals surface area contributed by atoms with Crippen molar-refractivity contribution in [1.29, 1.82) is 0 Å². The van der Waals surface area contributed by atoms with Crippen LogP contribution in [0.3, 0.4) is 0 Å². The highest BCUT2D eigenvalue weighted by molar-refractivity contribution is 5.61. The van der Waals surface area contributed by atoms with E-state index in [1.807, 2.05) is 0 Å². The first-order valence-electron chi connectivity index (χ1n) is 10.2. The molecule has 2 fully saturated rings. The van der Waals surface area contributed by atoms with Gasteiger partial charge >= 0.3 is 0 Å². The van der Waals surface area contributed by atoms with E-state index >= 15 is 0 Å². The molecule has 1 aliphatic heterocycles. The van der Waals surface area contributed by atoms with Crippen molar-refractivity contribution in [3.8, 4) is 0 Å². The number of anilines is 2. The third-order valence-corrected chi connectivity index (χ3v) is 5.63. The van der Waals surface area contributed by atoms with E-state index in [2.05, 4.69) is 71.2 Å². The summed E-state index contributed by atoms with van der Waals surface area (Å²) in [5.41, 5.74) is 3.66. The van der Waals surface area contributed by atoms with Crippen LogP contribution in [-0.2, 0) is 0 Å². The van der Waals surface area contributed by atoms with E-state index in [9.17, 15) is 0 Å². The highest BCUT2D eigenvalue weighted by atomic mass is 16.5. The second-order valence-corrected chi connectivity index (χ2v) is 8.31. The van der Waals surface area contributed by atoms with Gasteiger partial charge in [-0.05, 0) is 64.3 Å². The fourth-order valence-corrected chi connectivity index (χ4v) is 3.77. The molecule has 6 heteroatoms. The molecule has 1 aliphatic carbocycles.